The van der Waals surface area contributed by atoms with Gasteiger partial charge in [0, 0.05) is 16.7 Å². The number of aromatic amines is 1. The summed E-state index contributed by atoms with van der Waals surface area (Å²) in [6, 6.07) is 0. The average molecular weight is 295 g/mol. The van der Waals surface area contributed by atoms with Gasteiger partial charge in [-0.15, -0.1) is 0 Å². The zero-order valence-electron chi connectivity index (χ0n) is 11.1. The van der Waals surface area contributed by atoms with E-state index in [1.165, 1.54) is 10.8 Å². The number of azide groups is 1. The summed E-state index contributed by atoms with van der Waals surface area (Å²) in [5.41, 5.74) is 6.87. The minimum Gasteiger partial charge on any atom is -0.394 e. The van der Waals surface area contributed by atoms with Crippen molar-refractivity contribution in [1.29, 1.82) is 0 Å². The van der Waals surface area contributed by atoms with Gasteiger partial charge in [-0.2, -0.15) is 0 Å². The maximum atomic E-state index is 11.9. The van der Waals surface area contributed by atoms with E-state index in [2.05, 4.69) is 15.0 Å². The number of fused-ring (bicyclic) bond motifs is 1. The van der Waals surface area contributed by atoms with Gasteiger partial charge < -0.3 is 14.6 Å². The number of aromatic nitrogens is 2. The average Bonchev–Trinajstić information content (AvgIpc) is 2.63. The Morgan fingerprint density at radius 1 is 1.67 bits per heavy atom. The molecule has 2 aliphatic rings. The molecule has 3 heterocycles. The Morgan fingerprint density at radius 3 is 3.00 bits per heavy atom. The van der Waals surface area contributed by atoms with Gasteiger partial charge >= 0.3 is 5.69 Å². The largest absolute Gasteiger partial charge is 0.394 e. The third kappa shape index (κ3) is 1.81. The molecule has 0 aliphatic carbocycles. The quantitative estimate of drug-likeness (QED) is 0.425. The molecular formula is C11H13N5O5. The third-order valence-corrected chi connectivity index (χ3v) is 3.92. The predicted molar refractivity (Wildman–Crippen MR) is 68.7 cm³/mol. The van der Waals surface area contributed by atoms with Crippen molar-refractivity contribution in [3.8, 4) is 0 Å². The van der Waals surface area contributed by atoms with Crippen LogP contribution in [0.4, 0.5) is 0 Å². The van der Waals surface area contributed by atoms with E-state index in [-0.39, 0.29) is 13.2 Å². The molecule has 0 amide bonds. The minimum atomic E-state index is -1.03. The molecule has 0 bridgehead atoms. The van der Waals surface area contributed by atoms with Crippen molar-refractivity contribution in [3.05, 3.63) is 43.0 Å². The van der Waals surface area contributed by atoms with Gasteiger partial charge in [-0.3, -0.25) is 14.3 Å². The molecule has 0 spiro atoms. The van der Waals surface area contributed by atoms with Gasteiger partial charge in [0.1, 0.15) is 11.6 Å². The number of rotatable bonds is 3. The van der Waals surface area contributed by atoms with E-state index in [0.717, 1.165) is 0 Å². The molecule has 0 saturated carbocycles. The van der Waals surface area contributed by atoms with Crippen LogP contribution in [0, 0.1) is 6.92 Å². The standard InChI is InChI=1S/C11H13N5O5/c1-5-2-16(10(19)13-8(5)18)9-7-11(4-20-7,14-15-12)6(3-17)21-9/h2,6-7,9,17H,3-4H2,1H3,(H,13,18,19)/t6-,7-,9+,11-/m1/s1. The highest BCUT2D eigenvalue weighted by molar-refractivity contribution is 5.16. The van der Waals surface area contributed by atoms with E-state index in [9.17, 15) is 14.7 Å². The second-order valence-corrected chi connectivity index (χ2v) is 5.09. The Balaban J connectivity index is 2.06. The summed E-state index contributed by atoms with van der Waals surface area (Å²) >= 11 is 0. The second kappa shape index (κ2) is 4.71. The first-order valence-electron chi connectivity index (χ1n) is 6.30. The van der Waals surface area contributed by atoms with Gasteiger partial charge in [0.05, 0.1) is 19.3 Å². The second-order valence-electron chi connectivity index (χ2n) is 5.09. The van der Waals surface area contributed by atoms with Crippen LogP contribution in [0.3, 0.4) is 0 Å². The molecule has 2 aliphatic heterocycles. The molecule has 2 fully saturated rings. The van der Waals surface area contributed by atoms with E-state index in [1.54, 1.807) is 6.92 Å². The number of nitrogens with zero attached hydrogens (tertiary/aromatic N) is 4. The third-order valence-electron chi connectivity index (χ3n) is 3.92. The lowest BCUT2D eigenvalue weighted by Gasteiger charge is -2.42. The van der Waals surface area contributed by atoms with Gasteiger partial charge in [-0.25, -0.2) is 4.79 Å². The van der Waals surface area contributed by atoms with Gasteiger partial charge in [0.2, 0.25) is 0 Å². The van der Waals surface area contributed by atoms with Crippen LogP contribution in [-0.2, 0) is 9.47 Å². The molecule has 4 atom stereocenters. The van der Waals surface area contributed by atoms with Crippen molar-refractivity contribution >= 4 is 0 Å². The number of aliphatic hydroxyl groups is 1. The fraction of sp³-hybridized carbons (Fsp3) is 0.636. The maximum absolute atomic E-state index is 11.9. The van der Waals surface area contributed by atoms with Crippen LogP contribution in [0.5, 0.6) is 0 Å². The van der Waals surface area contributed by atoms with Crippen molar-refractivity contribution in [2.75, 3.05) is 13.2 Å². The van der Waals surface area contributed by atoms with E-state index in [1.807, 2.05) is 0 Å². The number of nitrogens with one attached hydrogen (secondary N) is 1. The Morgan fingerprint density at radius 2 is 2.43 bits per heavy atom. The van der Waals surface area contributed by atoms with Crippen LogP contribution in [-0.4, -0.2) is 45.6 Å². The monoisotopic (exact) mass is 295 g/mol. The smallest absolute Gasteiger partial charge is 0.330 e. The Hall–Kier alpha value is -2.13. The first-order valence-corrected chi connectivity index (χ1v) is 6.30. The van der Waals surface area contributed by atoms with Crippen LogP contribution in [0.25, 0.3) is 10.4 Å². The molecule has 3 rings (SSSR count). The number of hydrogen-bond donors (Lipinski definition) is 2. The molecular weight excluding hydrogens is 282 g/mol. The first-order chi connectivity index (χ1) is 10.0. The molecule has 1 aromatic heterocycles. The predicted octanol–water partition coefficient (Wildman–Crippen LogP) is -0.817. The summed E-state index contributed by atoms with van der Waals surface area (Å²) in [6.07, 6.45) is -0.969. The van der Waals surface area contributed by atoms with Crippen LogP contribution in [0.2, 0.25) is 0 Å². The lowest BCUT2D eigenvalue weighted by atomic mass is 9.85. The molecule has 0 radical (unpaired) electrons. The number of aryl methyl sites for hydroxylation is 1. The van der Waals surface area contributed by atoms with Crippen molar-refractivity contribution in [2.24, 2.45) is 5.11 Å². The summed E-state index contributed by atoms with van der Waals surface area (Å²) in [6.45, 7) is 1.29. The Labute approximate surface area is 117 Å². The normalized spacial score (nSPS) is 33.9. The van der Waals surface area contributed by atoms with Gasteiger partial charge in [-0.1, -0.05) is 5.11 Å². The number of hydrogen-bond acceptors (Lipinski definition) is 6. The topological polar surface area (TPSA) is 142 Å². The zero-order chi connectivity index (χ0) is 15.2. The highest BCUT2D eigenvalue weighted by Crippen LogP contribution is 2.48. The fourth-order valence-corrected chi connectivity index (χ4v) is 2.73. The number of aliphatic hydroxyl groups excluding tert-OH is 1. The molecule has 2 saturated heterocycles. The summed E-state index contributed by atoms with van der Waals surface area (Å²) in [5.74, 6) is 0. The molecule has 1 aromatic rings. The van der Waals surface area contributed by atoms with Crippen molar-refractivity contribution < 1.29 is 14.6 Å². The fourth-order valence-electron chi connectivity index (χ4n) is 2.73. The zero-order valence-corrected chi connectivity index (χ0v) is 11.1. The SMILES string of the molecule is Cc1cn([C@H]2O[C@H](CO)[C@]3(N=[N+]=[N-])CO[C@H]23)c(=O)[nH]c1=O. The van der Waals surface area contributed by atoms with Gasteiger partial charge in [0.15, 0.2) is 6.23 Å². The molecule has 10 nitrogen and oxygen atoms in total. The highest BCUT2D eigenvalue weighted by Gasteiger charge is 2.64. The van der Waals surface area contributed by atoms with Crippen LogP contribution in [0.15, 0.2) is 20.9 Å². The van der Waals surface area contributed by atoms with Crippen LogP contribution < -0.4 is 11.2 Å². The highest BCUT2D eigenvalue weighted by atomic mass is 16.6. The molecule has 0 aromatic carbocycles. The number of H-pyrrole nitrogens is 1. The Bertz CT molecular complexity index is 735. The van der Waals surface area contributed by atoms with Crippen molar-refractivity contribution in [1.82, 2.24) is 9.55 Å². The van der Waals surface area contributed by atoms with E-state index >= 15 is 0 Å². The summed E-state index contributed by atoms with van der Waals surface area (Å²) in [4.78, 5) is 28.3. The molecule has 2 N–H and O–H groups in total. The van der Waals surface area contributed by atoms with Crippen LogP contribution >= 0.6 is 0 Å². The van der Waals surface area contributed by atoms with Crippen molar-refractivity contribution in [2.45, 2.75) is 30.9 Å². The van der Waals surface area contributed by atoms with Gasteiger partial charge in [0.25, 0.3) is 5.56 Å². The maximum Gasteiger partial charge on any atom is 0.330 e. The van der Waals surface area contributed by atoms with E-state index < -0.39 is 35.2 Å². The van der Waals surface area contributed by atoms with Gasteiger partial charge in [-0.05, 0) is 12.5 Å². The lowest BCUT2D eigenvalue weighted by Crippen LogP contribution is -2.61. The molecule has 0 unspecified atom stereocenters. The molecule has 112 valence electrons. The lowest BCUT2D eigenvalue weighted by molar-refractivity contribution is -0.138. The van der Waals surface area contributed by atoms with E-state index in [0.29, 0.717) is 5.56 Å². The van der Waals surface area contributed by atoms with Crippen molar-refractivity contribution in [3.63, 3.8) is 0 Å². The first kappa shape index (κ1) is 13.8. The Kier molecular flexibility index (Phi) is 3.10. The molecule has 10 heteroatoms. The van der Waals surface area contributed by atoms with E-state index in [4.69, 9.17) is 15.0 Å². The summed E-state index contributed by atoms with van der Waals surface area (Å²) < 4.78 is 12.2. The molecule has 21 heavy (non-hydrogen) atoms. The number of ether oxygens (including phenoxy) is 2. The van der Waals surface area contributed by atoms with Crippen LogP contribution in [0.1, 0.15) is 11.8 Å². The summed E-state index contributed by atoms with van der Waals surface area (Å²) in [5, 5.41) is 13.1. The minimum absolute atomic E-state index is 0.112. The summed E-state index contributed by atoms with van der Waals surface area (Å²) in [7, 11) is 0.